The molecule has 0 spiro atoms. The summed E-state index contributed by atoms with van der Waals surface area (Å²) in [7, 11) is 0. The van der Waals surface area contributed by atoms with Gasteiger partial charge in [-0.1, -0.05) is 24.3 Å². The van der Waals surface area contributed by atoms with Crippen LogP contribution < -0.4 is 15.6 Å². The fourth-order valence-corrected chi connectivity index (χ4v) is 5.70. The smallest absolute Gasteiger partial charge is 0.280 e. The van der Waals surface area contributed by atoms with Gasteiger partial charge >= 0.3 is 0 Å². The van der Waals surface area contributed by atoms with Gasteiger partial charge in [-0.05, 0) is 66.9 Å². The number of nitrogen functional groups attached to an aromatic ring is 1. The van der Waals surface area contributed by atoms with Crippen LogP contribution in [0.25, 0.3) is 10.8 Å². The summed E-state index contributed by atoms with van der Waals surface area (Å²) in [6, 6.07) is 20.6. The average Bonchev–Trinajstić information content (AvgIpc) is 2.91. The monoisotopic (exact) mass is 488 g/mol. The van der Waals surface area contributed by atoms with E-state index in [-0.39, 0.29) is 22.3 Å². The zero-order valence-corrected chi connectivity index (χ0v) is 19.6. The Labute approximate surface area is 211 Å². The lowest BCUT2D eigenvalue weighted by molar-refractivity contribution is 0.0585. The number of hydrogen-bond donors (Lipinski definition) is 1. The number of aryl methyl sites for hydroxylation is 1. The molecule has 0 radical (unpaired) electrons. The van der Waals surface area contributed by atoms with Crippen LogP contribution in [0.2, 0.25) is 0 Å². The highest BCUT2D eigenvalue weighted by molar-refractivity contribution is 6.39. The Hall–Kier alpha value is -4.98. The quantitative estimate of drug-likeness (QED) is 0.335. The molecule has 0 unspecified atom stereocenters. The van der Waals surface area contributed by atoms with Gasteiger partial charge in [-0.3, -0.25) is 24.2 Å². The van der Waals surface area contributed by atoms with E-state index in [9.17, 15) is 19.2 Å². The first-order valence-corrected chi connectivity index (χ1v) is 12.0. The first kappa shape index (κ1) is 21.3. The average molecular weight is 489 g/mol. The maximum Gasteiger partial charge on any atom is 0.280 e. The number of amides is 4. The zero-order valence-electron chi connectivity index (χ0n) is 19.6. The molecule has 0 fully saturated rings. The van der Waals surface area contributed by atoms with E-state index in [1.54, 1.807) is 53.5 Å². The highest BCUT2D eigenvalue weighted by atomic mass is 16.2. The van der Waals surface area contributed by atoms with Gasteiger partial charge in [0.1, 0.15) is 0 Å². The molecule has 0 saturated carbocycles. The molecular weight excluding hydrogens is 468 g/mol. The van der Waals surface area contributed by atoms with Crippen LogP contribution in [-0.4, -0.2) is 35.2 Å². The number of nitrogens with zero attached hydrogens (tertiary/aromatic N) is 3. The Bertz CT molecular complexity index is 1660. The van der Waals surface area contributed by atoms with E-state index in [1.807, 2.05) is 24.3 Å². The van der Waals surface area contributed by atoms with Crippen LogP contribution in [0.5, 0.6) is 0 Å². The van der Waals surface area contributed by atoms with Gasteiger partial charge in [-0.2, -0.15) is 5.01 Å². The van der Waals surface area contributed by atoms with E-state index in [1.165, 1.54) is 5.01 Å². The van der Waals surface area contributed by atoms with Crippen molar-refractivity contribution in [3.05, 3.63) is 101 Å². The second kappa shape index (κ2) is 7.51. The van der Waals surface area contributed by atoms with E-state index < -0.39 is 23.6 Å². The maximum atomic E-state index is 13.8. The molecular formula is C29H20N4O4. The lowest BCUT2D eigenvalue weighted by Gasteiger charge is -2.41. The second-order valence-electron chi connectivity index (χ2n) is 9.39. The minimum absolute atomic E-state index is 0.259. The van der Waals surface area contributed by atoms with Gasteiger partial charge in [0.2, 0.25) is 0 Å². The number of carbonyl (C=O) groups excluding carboxylic acids is 4. The minimum Gasteiger partial charge on any atom is -0.399 e. The van der Waals surface area contributed by atoms with Crippen molar-refractivity contribution < 1.29 is 19.2 Å². The molecule has 8 nitrogen and oxygen atoms in total. The van der Waals surface area contributed by atoms with E-state index in [2.05, 4.69) is 0 Å². The van der Waals surface area contributed by atoms with Crippen LogP contribution in [0.15, 0.2) is 72.8 Å². The molecule has 180 valence electrons. The topological polar surface area (TPSA) is 104 Å². The Morgan fingerprint density at radius 2 is 1.24 bits per heavy atom. The largest absolute Gasteiger partial charge is 0.399 e. The van der Waals surface area contributed by atoms with Gasteiger partial charge in [0.15, 0.2) is 0 Å². The van der Waals surface area contributed by atoms with Gasteiger partial charge < -0.3 is 5.73 Å². The number of para-hydroxylation sites is 1. The number of carbonyl (C=O) groups is 4. The predicted octanol–water partition coefficient (Wildman–Crippen LogP) is 4.19. The van der Waals surface area contributed by atoms with Crippen LogP contribution in [-0.2, 0) is 6.42 Å². The molecule has 37 heavy (non-hydrogen) atoms. The molecule has 3 aliphatic heterocycles. The van der Waals surface area contributed by atoms with Crippen LogP contribution in [0, 0.1) is 0 Å². The third kappa shape index (κ3) is 2.83. The molecule has 4 aromatic carbocycles. The summed E-state index contributed by atoms with van der Waals surface area (Å²) in [5, 5.41) is 3.62. The van der Waals surface area contributed by atoms with Crippen molar-refractivity contribution in [2.45, 2.75) is 12.8 Å². The second-order valence-corrected chi connectivity index (χ2v) is 9.39. The van der Waals surface area contributed by atoms with Crippen molar-refractivity contribution in [2.24, 2.45) is 0 Å². The normalized spacial score (nSPS) is 16.5. The van der Waals surface area contributed by atoms with Crippen molar-refractivity contribution in [1.29, 1.82) is 0 Å². The van der Waals surface area contributed by atoms with Crippen molar-refractivity contribution in [2.75, 3.05) is 22.2 Å². The number of anilines is 3. The molecule has 0 aromatic heterocycles. The van der Waals surface area contributed by atoms with E-state index in [4.69, 9.17) is 5.73 Å². The van der Waals surface area contributed by atoms with Gasteiger partial charge in [-0.15, -0.1) is 0 Å². The number of nitrogens with two attached hydrogens (primary N) is 1. The van der Waals surface area contributed by atoms with E-state index in [0.717, 1.165) is 29.0 Å². The number of hydrogen-bond acceptors (Lipinski definition) is 6. The number of imide groups is 2. The summed E-state index contributed by atoms with van der Waals surface area (Å²) in [4.78, 5) is 55.8. The molecule has 4 aromatic rings. The summed E-state index contributed by atoms with van der Waals surface area (Å²) in [5.41, 5.74) is 9.67. The van der Waals surface area contributed by atoms with Crippen molar-refractivity contribution in [1.82, 2.24) is 5.01 Å². The Kier molecular flexibility index (Phi) is 4.33. The minimum atomic E-state index is -0.529. The highest BCUT2D eigenvalue weighted by Crippen LogP contribution is 2.40. The predicted molar refractivity (Wildman–Crippen MR) is 139 cm³/mol. The fourth-order valence-electron chi connectivity index (χ4n) is 5.70. The SMILES string of the molecule is Nc1cccc(N2C(=O)c3ccc4c5c(ccc(c35)C2=O)C(=O)N(N2CCCc3ccccc32)C4=O)c1. The lowest BCUT2D eigenvalue weighted by atomic mass is 9.86. The zero-order chi connectivity index (χ0) is 25.4. The number of rotatable bonds is 2. The number of hydrazine groups is 1. The number of fused-ring (bicyclic) bond motifs is 1. The summed E-state index contributed by atoms with van der Waals surface area (Å²) < 4.78 is 0. The standard InChI is InChI=1S/C29H20N4O4/c30-17-7-3-8-18(15-17)32-26(34)19-10-12-21-25-22(13-11-20(24(19)25)27(32)35)29(37)33(28(21)36)31-14-4-6-16-5-1-2-9-23(16)31/h1-3,5,7-13,15H,4,6,14,30H2. The molecule has 7 rings (SSSR count). The summed E-state index contributed by atoms with van der Waals surface area (Å²) in [6.45, 7) is 0.523. The van der Waals surface area contributed by atoms with Crippen LogP contribution in [0.1, 0.15) is 53.4 Å². The highest BCUT2D eigenvalue weighted by Gasteiger charge is 2.42. The molecule has 0 bridgehead atoms. The third-order valence-corrected chi connectivity index (χ3v) is 7.33. The van der Waals surface area contributed by atoms with Crippen molar-refractivity contribution in [3.63, 3.8) is 0 Å². The molecule has 2 N–H and O–H groups in total. The fraction of sp³-hybridized carbons (Fsp3) is 0.103. The number of benzene rings is 4. The maximum absolute atomic E-state index is 13.8. The summed E-state index contributed by atoms with van der Waals surface area (Å²) in [5.74, 6) is -2.01. The van der Waals surface area contributed by atoms with Gasteiger partial charge in [0.05, 0.1) is 22.5 Å². The van der Waals surface area contributed by atoms with Gasteiger partial charge in [-0.25, -0.2) is 4.90 Å². The summed E-state index contributed by atoms with van der Waals surface area (Å²) >= 11 is 0. The molecule has 0 aliphatic carbocycles. The molecule has 3 heterocycles. The first-order valence-electron chi connectivity index (χ1n) is 12.0. The van der Waals surface area contributed by atoms with Gasteiger partial charge in [0, 0.05) is 34.1 Å². The molecule has 3 aliphatic rings. The van der Waals surface area contributed by atoms with E-state index in [0.29, 0.717) is 28.7 Å². The van der Waals surface area contributed by atoms with Crippen LogP contribution in [0.4, 0.5) is 17.1 Å². The Balaban J connectivity index is 1.39. The summed E-state index contributed by atoms with van der Waals surface area (Å²) in [6.07, 6.45) is 1.67. The Morgan fingerprint density at radius 3 is 1.86 bits per heavy atom. The first-order chi connectivity index (χ1) is 18.0. The molecule has 0 atom stereocenters. The molecule has 4 amide bonds. The van der Waals surface area contributed by atoms with Gasteiger partial charge in [0.25, 0.3) is 23.6 Å². The molecule has 8 heteroatoms. The lowest BCUT2D eigenvalue weighted by Crippen LogP contribution is -2.54. The van der Waals surface area contributed by atoms with Crippen LogP contribution in [0.3, 0.4) is 0 Å². The van der Waals surface area contributed by atoms with E-state index >= 15 is 0 Å². The molecule has 0 saturated heterocycles. The van der Waals surface area contributed by atoms with Crippen LogP contribution >= 0.6 is 0 Å². The van der Waals surface area contributed by atoms with Crippen molar-refractivity contribution in [3.8, 4) is 0 Å². The van der Waals surface area contributed by atoms with Crippen molar-refractivity contribution >= 4 is 51.5 Å². The third-order valence-electron chi connectivity index (χ3n) is 7.33. The Morgan fingerprint density at radius 1 is 0.649 bits per heavy atom.